The van der Waals surface area contributed by atoms with E-state index in [9.17, 15) is 14.7 Å². The summed E-state index contributed by atoms with van der Waals surface area (Å²) in [7, 11) is 0. The summed E-state index contributed by atoms with van der Waals surface area (Å²) in [6, 6.07) is 7.99. The van der Waals surface area contributed by atoms with Gasteiger partial charge in [0.2, 0.25) is 0 Å². The van der Waals surface area contributed by atoms with Crippen LogP contribution in [0.15, 0.2) is 47.6 Å². The van der Waals surface area contributed by atoms with Crippen molar-refractivity contribution >= 4 is 11.9 Å². The van der Waals surface area contributed by atoms with Gasteiger partial charge in [-0.1, -0.05) is 83.2 Å². The molecule has 35 heavy (non-hydrogen) atoms. The lowest BCUT2D eigenvalue weighted by Crippen LogP contribution is -2.35. The number of esters is 1. The zero-order chi connectivity index (χ0) is 25.4. The van der Waals surface area contributed by atoms with Gasteiger partial charge in [-0.05, 0) is 74.5 Å². The van der Waals surface area contributed by atoms with Crippen LogP contribution in [0.1, 0.15) is 104 Å². The molecular formula is C31H44O4. The quantitative estimate of drug-likeness (QED) is 0.257. The number of carboxylic acids is 1. The molecule has 0 aromatic heterocycles. The maximum absolute atomic E-state index is 12.8. The summed E-state index contributed by atoms with van der Waals surface area (Å²) in [4.78, 5) is 24.6. The highest BCUT2D eigenvalue weighted by Crippen LogP contribution is 2.46. The van der Waals surface area contributed by atoms with Gasteiger partial charge < -0.3 is 9.84 Å². The van der Waals surface area contributed by atoms with E-state index < -0.39 is 5.97 Å². The second-order valence-corrected chi connectivity index (χ2v) is 10.7. The van der Waals surface area contributed by atoms with Crippen LogP contribution in [0.2, 0.25) is 0 Å². The van der Waals surface area contributed by atoms with Crippen LogP contribution < -0.4 is 4.74 Å². The third-order valence-corrected chi connectivity index (χ3v) is 8.45. The Bertz CT molecular complexity index is 918. The number of ether oxygens (including phenoxy) is 1. The van der Waals surface area contributed by atoms with Gasteiger partial charge in [-0.25, -0.2) is 4.79 Å². The van der Waals surface area contributed by atoms with Gasteiger partial charge in [0.1, 0.15) is 5.75 Å². The molecule has 1 aromatic rings. The molecule has 1 aromatic carbocycles. The summed E-state index contributed by atoms with van der Waals surface area (Å²) in [5.74, 6) is 0.792. The van der Waals surface area contributed by atoms with Crippen LogP contribution >= 0.6 is 0 Å². The highest BCUT2D eigenvalue weighted by atomic mass is 16.5. The van der Waals surface area contributed by atoms with Gasteiger partial charge in [0.25, 0.3) is 0 Å². The molecule has 0 heterocycles. The molecule has 1 N–H and O–H groups in total. The number of unbranched alkanes of at least 4 members (excludes halogenated alkanes) is 1. The van der Waals surface area contributed by atoms with Crippen molar-refractivity contribution in [2.45, 2.75) is 104 Å². The topological polar surface area (TPSA) is 63.6 Å². The Morgan fingerprint density at radius 1 is 1.06 bits per heavy atom. The molecule has 2 atom stereocenters. The number of carbonyl (C=O) groups excluding carboxylic acids is 1. The molecule has 0 aliphatic heterocycles. The standard InChI is InChI=1S/C31H44O4/c1-5-8-10-22(4)31(20-19-28(29(32)33)24(7-3)21-31)26-15-17-27(18-16-26)35-30(34)25-13-11-23(9-6-2)12-14-25/h15-20,22-23,25H,5-14,21H2,1-4H3,(H,32,33)/t22?,23?,25?,31-/m1/s1. The minimum absolute atomic E-state index is 0.0103. The third kappa shape index (κ3) is 6.45. The Morgan fingerprint density at radius 3 is 2.31 bits per heavy atom. The van der Waals surface area contributed by atoms with Gasteiger partial charge in [-0.2, -0.15) is 0 Å². The van der Waals surface area contributed by atoms with Crippen LogP contribution in [-0.2, 0) is 15.0 Å². The lowest BCUT2D eigenvalue weighted by atomic mass is 9.63. The summed E-state index contributed by atoms with van der Waals surface area (Å²) in [6.07, 6.45) is 15.3. The zero-order valence-electron chi connectivity index (χ0n) is 22.1. The molecule has 4 heteroatoms. The fraction of sp³-hybridized carbons (Fsp3) is 0.613. The highest BCUT2D eigenvalue weighted by Gasteiger charge is 2.39. The van der Waals surface area contributed by atoms with Crippen LogP contribution in [0, 0.1) is 17.8 Å². The first-order chi connectivity index (χ1) is 16.8. The molecule has 0 bridgehead atoms. The van der Waals surface area contributed by atoms with Crippen molar-refractivity contribution in [3.63, 3.8) is 0 Å². The number of hydrogen-bond donors (Lipinski definition) is 1. The summed E-state index contributed by atoms with van der Waals surface area (Å²) in [6.45, 7) is 8.75. The van der Waals surface area contributed by atoms with Crippen molar-refractivity contribution in [2.24, 2.45) is 17.8 Å². The maximum atomic E-state index is 12.8. The Hall–Kier alpha value is -2.36. The van der Waals surface area contributed by atoms with Crippen molar-refractivity contribution in [1.82, 2.24) is 0 Å². The number of rotatable bonds is 11. The lowest BCUT2D eigenvalue weighted by Gasteiger charge is -2.41. The van der Waals surface area contributed by atoms with Crippen molar-refractivity contribution in [1.29, 1.82) is 0 Å². The van der Waals surface area contributed by atoms with E-state index in [-0.39, 0.29) is 17.3 Å². The van der Waals surface area contributed by atoms with Gasteiger partial charge in [0.15, 0.2) is 0 Å². The molecular weight excluding hydrogens is 436 g/mol. The number of benzene rings is 1. The second kappa shape index (κ2) is 12.6. The van der Waals surface area contributed by atoms with E-state index in [2.05, 4.69) is 39.0 Å². The molecule has 1 fully saturated rings. The molecule has 2 aliphatic carbocycles. The SMILES string of the molecule is CCCCC(C)[C@@]1(c2ccc(OC(=O)C3CCC(CCC)CC3)cc2)C=CC(C(=O)O)=C(CC)C1. The summed E-state index contributed by atoms with van der Waals surface area (Å²) in [5.41, 5.74) is 2.34. The molecule has 1 unspecified atom stereocenters. The van der Waals surface area contributed by atoms with Crippen molar-refractivity contribution in [2.75, 3.05) is 0 Å². The van der Waals surface area contributed by atoms with E-state index in [0.717, 1.165) is 68.4 Å². The van der Waals surface area contributed by atoms with E-state index in [0.29, 0.717) is 23.7 Å². The van der Waals surface area contributed by atoms with Crippen LogP contribution in [-0.4, -0.2) is 17.0 Å². The molecule has 0 amide bonds. The molecule has 0 saturated heterocycles. The second-order valence-electron chi connectivity index (χ2n) is 10.7. The summed E-state index contributed by atoms with van der Waals surface area (Å²) in [5, 5.41) is 9.67. The fourth-order valence-electron chi connectivity index (χ4n) is 6.11. The lowest BCUT2D eigenvalue weighted by molar-refractivity contribution is -0.140. The van der Waals surface area contributed by atoms with Gasteiger partial charge in [0.05, 0.1) is 11.5 Å². The van der Waals surface area contributed by atoms with Gasteiger partial charge in [-0.15, -0.1) is 0 Å². The smallest absolute Gasteiger partial charge is 0.335 e. The van der Waals surface area contributed by atoms with Crippen LogP contribution in [0.4, 0.5) is 0 Å². The van der Waals surface area contributed by atoms with E-state index in [1.165, 1.54) is 12.8 Å². The number of allylic oxidation sites excluding steroid dienone is 2. The van der Waals surface area contributed by atoms with Gasteiger partial charge in [-0.3, -0.25) is 4.79 Å². The minimum Gasteiger partial charge on any atom is -0.478 e. The number of carboxylic acid groups (broad SMARTS) is 1. The van der Waals surface area contributed by atoms with Gasteiger partial charge >= 0.3 is 11.9 Å². The third-order valence-electron chi connectivity index (χ3n) is 8.45. The zero-order valence-corrected chi connectivity index (χ0v) is 22.1. The van der Waals surface area contributed by atoms with E-state index >= 15 is 0 Å². The minimum atomic E-state index is -0.848. The first kappa shape index (κ1) is 27.2. The molecule has 0 radical (unpaired) electrons. The molecule has 2 aliphatic rings. The molecule has 4 nitrogen and oxygen atoms in total. The number of carbonyl (C=O) groups is 2. The van der Waals surface area contributed by atoms with Crippen molar-refractivity contribution < 1.29 is 19.4 Å². The Kier molecular flexibility index (Phi) is 9.77. The fourth-order valence-corrected chi connectivity index (χ4v) is 6.11. The number of hydrogen-bond acceptors (Lipinski definition) is 3. The molecule has 3 rings (SSSR count). The van der Waals surface area contributed by atoms with E-state index in [1.54, 1.807) is 0 Å². The summed E-state index contributed by atoms with van der Waals surface area (Å²) < 4.78 is 5.80. The molecule has 1 saturated carbocycles. The molecule has 0 spiro atoms. The van der Waals surface area contributed by atoms with Crippen molar-refractivity contribution in [3.05, 3.63) is 53.1 Å². The normalized spacial score (nSPS) is 25.4. The van der Waals surface area contributed by atoms with Crippen LogP contribution in [0.3, 0.4) is 0 Å². The van der Waals surface area contributed by atoms with Crippen molar-refractivity contribution in [3.8, 4) is 5.75 Å². The van der Waals surface area contributed by atoms with Gasteiger partial charge in [0, 0.05) is 5.41 Å². The Labute approximate surface area is 211 Å². The predicted octanol–water partition coefficient (Wildman–Crippen LogP) is 8.01. The highest BCUT2D eigenvalue weighted by molar-refractivity contribution is 5.91. The molecule has 192 valence electrons. The Morgan fingerprint density at radius 2 is 1.74 bits per heavy atom. The number of aliphatic carboxylic acids is 1. The van der Waals surface area contributed by atoms with Crippen LogP contribution in [0.25, 0.3) is 0 Å². The predicted molar refractivity (Wildman–Crippen MR) is 142 cm³/mol. The average Bonchev–Trinajstić information content (AvgIpc) is 2.87. The van der Waals surface area contributed by atoms with Crippen LogP contribution in [0.5, 0.6) is 5.75 Å². The monoisotopic (exact) mass is 480 g/mol. The first-order valence-corrected chi connectivity index (χ1v) is 13.8. The Balaban J connectivity index is 1.76. The largest absolute Gasteiger partial charge is 0.478 e. The van der Waals surface area contributed by atoms with E-state index in [1.807, 2.05) is 25.1 Å². The van der Waals surface area contributed by atoms with E-state index in [4.69, 9.17) is 4.74 Å². The maximum Gasteiger partial charge on any atom is 0.335 e. The average molecular weight is 481 g/mol. The summed E-state index contributed by atoms with van der Waals surface area (Å²) >= 11 is 0. The first-order valence-electron chi connectivity index (χ1n) is 13.8.